The Hall–Kier alpha value is -2.80. The van der Waals surface area contributed by atoms with E-state index in [0.717, 1.165) is 6.54 Å². The number of aromatic nitrogens is 1. The van der Waals surface area contributed by atoms with Crippen molar-refractivity contribution in [3.63, 3.8) is 0 Å². The van der Waals surface area contributed by atoms with Crippen molar-refractivity contribution in [2.75, 3.05) is 0 Å². The molecule has 0 saturated heterocycles. The van der Waals surface area contributed by atoms with Crippen molar-refractivity contribution in [1.82, 2.24) is 4.57 Å². The first-order valence-electron chi connectivity index (χ1n) is 8.53. The zero-order chi connectivity index (χ0) is 16.5. The van der Waals surface area contributed by atoms with Gasteiger partial charge in [0.05, 0.1) is 5.69 Å². The molecule has 4 aromatic rings. The number of fused-ring (bicyclic) bond motifs is 1. The minimum absolute atomic E-state index is 0.955. The van der Waals surface area contributed by atoms with Crippen LogP contribution in [0.3, 0.4) is 0 Å². The van der Waals surface area contributed by atoms with Crippen LogP contribution in [0.2, 0.25) is 0 Å². The highest BCUT2D eigenvalue weighted by molar-refractivity contribution is 6.04. The molecule has 1 aromatic heterocycles. The molecule has 0 bridgehead atoms. The first-order valence-corrected chi connectivity index (χ1v) is 8.53. The average Bonchev–Trinajstić information content (AvgIpc) is 2.97. The smallest absolute Gasteiger partial charge is 0.0570 e. The summed E-state index contributed by atoms with van der Waals surface area (Å²) in [6.45, 7) is 5.33. The van der Waals surface area contributed by atoms with Gasteiger partial charge in [0, 0.05) is 23.0 Å². The molecule has 0 spiro atoms. The number of hydrogen-bond acceptors (Lipinski definition) is 0. The average molecular weight is 311 g/mol. The Morgan fingerprint density at radius 3 is 2.21 bits per heavy atom. The molecule has 0 amide bonds. The Labute approximate surface area is 143 Å². The Balaban J connectivity index is 2.15. The van der Waals surface area contributed by atoms with E-state index in [2.05, 4.69) is 97.3 Å². The minimum Gasteiger partial charge on any atom is -0.340 e. The van der Waals surface area contributed by atoms with Crippen LogP contribution >= 0.6 is 0 Å². The van der Waals surface area contributed by atoms with Gasteiger partial charge in [0.2, 0.25) is 0 Å². The van der Waals surface area contributed by atoms with Gasteiger partial charge < -0.3 is 4.57 Å². The molecule has 0 radical (unpaired) electrons. The van der Waals surface area contributed by atoms with Crippen molar-refractivity contribution in [1.29, 1.82) is 0 Å². The van der Waals surface area contributed by atoms with Crippen molar-refractivity contribution in [3.05, 3.63) is 84.4 Å². The predicted molar refractivity (Wildman–Crippen MR) is 103 cm³/mol. The summed E-state index contributed by atoms with van der Waals surface area (Å²) in [6.07, 6.45) is 0. The summed E-state index contributed by atoms with van der Waals surface area (Å²) < 4.78 is 2.43. The second-order valence-electron chi connectivity index (χ2n) is 6.22. The van der Waals surface area contributed by atoms with Gasteiger partial charge in [-0.1, -0.05) is 78.4 Å². The molecule has 0 aliphatic rings. The van der Waals surface area contributed by atoms with E-state index in [-0.39, 0.29) is 0 Å². The van der Waals surface area contributed by atoms with Crippen LogP contribution in [0, 0.1) is 6.92 Å². The fourth-order valence-corrected chi connectivity index (χ4v) is 3.62. The lowest BCUT2D eigenvalue weighted by atomic mass is 9.97. The fraction of sp³-hybridized carbons (Fsp3) is 0.130. The van der Waals surface area contributed by atoms with Gasteiger partial charge in [-0.05, 0) is 31.0 Å². The Morgan fingerprint density at radius 1 is 0.750 bits per heavy atom. The SMILES string of the molecule is CCn1c(-c2ccccc2)c(-c2cccc(C)c2)c2ccccc21. The molecule has 0 atom stereocenters. The second kappa shape index (κ2) is 6.01. The van der Waals surface area contributed by atoms with Crippen LogP contribution in [-0.4, -0.2) is 4.57 Å². The number of nitrogens with zero attached hydrogens (tertiary/aromatic N) is 1. The lowest BCUT2D eigenvalue weighted by Gasteiger charge is -2.11. The molecule has 0 saturated carbocycles. The Kier molecular flexibility index (Phi) is 3.70. The molecule has 1 heterocycles. The maximum atomic E-state index is 2.43. The lowest BCUT2D eigenvalue weighted by molar-refractivity contribution is 0.806. The van der Waals surface area contributed by atoms with Crippen LogP contribution < -0.4 is 0 Å². The van der Waals surface area contributed by atoms with Crippen LogP contribution in [0.25, 0.3) is 33.3 Å². The Bertz CT molecular complexity index is 993. The molecule has 4 rings (SSSR count). The maximum absolute atomic E-state index is 2.43. The number of hydrogen-bond donors (Lipinski definition) is 0. The third-order valence-corrected chi connectivity index (χ3v) is 4.64. The quantitative estimate of drug-likeness (QED) is 0.418. The summed E-state index contributed by atoms with van der Waals surface area (Å²) in [5.74, 6) is 0. The lowest BCUT2D eigenvalue weighted by Crippen LogP contribution is -1.97. The van der Waals surface area contributed by atoms with Crippen LogP contribution in [0.4, 0.5) is 0 Å². The summed E-state index contributed by atoms with van der Waals surface area (Å²) >= 11 is 0. The van der Waals surface area contributed by atoms with Crippen LogP contribution in [0.1, 0.15) is 12.5 Å². The molecule has 3 aromatic carbocycles. The van der Waals surface area contributed by atoms with E-state index in [0.29, 0.717) is 0 Å². The van der Waals surface area contributed by atoms with E-state index in [1.807, 2.05) is 0 Å². The molecule has 0 fully saturated rings. The van der Waals surface area contributed by atoms with Gasteiger partial charge in [-0.2, -0.15) is 0 Å². The van der Waals surface area contributed by atoms with Crippen molar-refractivity contribution in [2.45, 2.75) is 20.4 Å². The zero-order valence-corrected chi connectivity index (χ0v) is 14.2. The van der Waals surface area contributed by atoms with Crippen LogP contribution in [0.5, 0.6) is 0 Å². The highest BCUT2D eigenvalue weighted by Gasteiger charge is 2.18. The topological polar surface area (TPSA) is 4.93 Å². The molecule has 24 heavy (non-hydrogen) atoms. The van der Waals surface area contributed by atoms with Crippen LogP contribution in [0.15, 0.2) is 78.9 Å². The number of benzene rings is 3. The maximum Gasteiger partial charge on any atom is 0.0570 e. The molecular weight excluding hydrogens is 290 g/mol. The second-order valence-corrected chi connectivity index (χ2v) is 6.22. The third kappa shape index (κ3) is 2.33. The number of rotatable bonds is 3. The molecular formula is C23H21N. The number of para-hydroxylation sites is 1. The van der Waals surface area contributed by atoms with E-state index >= 15 is 0 Å². The Morgan fingerprint density at radius 2 is 1.46 bits per heavy atom. The fourth-order valence-electron chi connectivity index (χ4n) is 3.62. The summed E-state index contributed by atoms with van der Waals surface area (Å²) in [4.78, 5) is 0. The van der Waals surface area contributed by atoms with Crippen molar-refractivity contribution in [3.8, 4) is 22.4 Å². The van der Waals surface area contributed by atoms with Crippen molar-refractivity contribution < 1.29 is 0 Å². The zero-order valence-electron chi connectivity index (χ0n) is 14.2. The molecule has 0 aliphatic carbocycles. The van der Waals surface area contributed by atoms with Gasteiger partial charge >= 0.3 is 0 Å². The van der Waals surface area contributed by atoms with Gasteiger partial charge in [-0.15, -0.1) is 0 Å². The molecule has 0 N–H and O–H groups in total. The summed E-state index contributed by atoms with van der Waals surface area (Å²) in [5.41, 5.74) is 7.80. The van der Waals surface area contributed by atoms with E-state index in [4.69, 9.17) is 0 Å². The third-order valence-electron chi connectivity index (χ3n) is 4.64. The van der Waals surface area contributed by atoms with E-state index < -0.39 is 0 Å². The van der Waals surface area contributed by atoms with Gasteiger partial charge in [-0.3, -0.25) is 0 Å². The first kappa shape index (κ1) is 14.8. The molecule has 0 unspecified atom stereocenters. The van der Waals surface area contributed by atoms with Crippen molar-refractivity contribution in [2.24, 2.45) is 0 Å². The van der Waals surface area contributed by atoms with E-state index in [1.54, 1.807) is 0 Å². The van der Waals surface area contributed by atoms with Gasteiger partial charge in [0.25, 0.3) is 0 Å². The summed E-state index contributed by atoms with van der Waals surface area (Å²) in [7, 11) is 0. The monoisotopic (exact) mass is 311 g/mol. The van der Waals surface area contributed by atoms with E-state index in [9.17, 15) is 0 Å². The molecule has 0 aliphatic heterocycles. The first-order chi connectivity index (χ1) is 11.8. The number of aryl methyl sites for hydroxylation is 2. The molecule has 1 nitrogen and oxygen atoms in total. The summed E-state index contributed by atoms with van der Waals surface area (Å²) in [6, 6.07) is 28.3. The summed E-state index contributed by atoms with van der Waals surface area (Å²) in [5, 5.41) is 1.32. The minimum atomic E-state index is 0.955. The normalized spacial score (nSPS) is 11.1. The van der Waals surface area contributed by atoms with Crippen LogP contribution in [-0.2, 0) is 6.54 Å². The predicted octanol–water partition coefficient (Wildman–Crippen LogP) is 6.30. The largest absolute Gasteiger partial charge is 0.340 e. The van der Waals surface area contributed by atoms with Gasteiger partial charge in [-0.25, -0.2) is 0 Å². The highest BCUT2D eigenvalue weighted by atomic mass is 15.0. The standard InChI is InChI=1S/C23H21N/c1-3-24-21-15-8-7-14-20(21)22(19-13-9-10-17(2)16-19)23(24)18-11-5-4-6-12-18/h4-16H,3H2,1-2H3. The van der Waals surface area contributed by atoms with Crippen molar-refractivity contribution >= 4 is 10.9 Å². The molecule has 1 heteroatoms. The molecule has 118 valence electrons. The van der Waals surface area contributed by atoms with E-state index in [1.165, 1.54) is 38.9 Å². The van der Waals surface area contributed by atoms with Gasteiger partial charge in [0.1, 0.15) is 0 Å². The van der Waals surface area contributed by atoms with Gasteiger partial charge in [0.15, 0.2) is 0 Å². The highest BCUT2D eigenvalue weighted by Crippen LogP contribution is 2.40.